The summed E-state index contributed by atoms with van der Waals surface area (Å²) in [5.41, 5.74) is 1.31. The van der Waals surface area contributed by atoms with Crippen molar-refractivity contribution >= 4 is 50.7 Å². The molecular formula is C18H13ClFN5OS2. The summed E-state index contributed by atoms with van der Waals surface area (Å²) in [5, 5.41) is 13.1. The summed E-state index contributed by atoms with van der Waals surface area (Å²) in [4.78, 5) is 19.4. The Morgan fingerprint density at radius 1 is 1.18 bits per heavy atom. The van der Waals surface area contributed by atoms with Gasteiger partial charge in [-0.3, -0.25) is 4.79 Å². The first-order valence-electron chi connectivity index (χ1n) is 8.20. The van der Waals surface area contributed by atoms with Gasteiger partial charge in [0.25, 0.3) is 5.56 Å². The van der Waals surface area contributed by atoms with E-state index in [1.165, 1.54) is 35.2 Å². The van der Waals surface area contributed by atoms with Gasteiger partial charge in [-0.2, -0.15) is 0 Å². The zero-order valence-electron chi connectivity index (χ0n) is 14.3. The van der Waals surface area contributed by atoms with Crippen LogP contribution in [0, 0.1) is 5.82 Å². The number of nitrogens with one attached hydrogen (secondary N) is 2. The van der Waals surface area contributed by atoms with Crippen LogP contribution in [0.2, 0.25) is 5.02 Å². The van der Waals surface area contributed by atoms with Crippen LogP contribution < -0.4 is 10.9 Å². The molecule has 4 rings (SSSR count). The van der Waals surface area contributed by atoms with Gasteiger partial charge in [0, 0.05) is 11.6 Å². The van der Waals surface area contributed by atoms with Crippen LogP contribution in [0.5, 0.6) is 0 Å². The van der Waals surface area contributed by atoms with Crippen LogP contribution in [0.25, 0.3) is 10.9 Å². The molecule has 2 aromatic carbocycles. The number of anilines is 1. The Bertz CT molecular complexity index is 1180. The van der Waals surface area contributed by atoms with Crippen LogP contribution in [0.3, 0.4) is 0 Å². The number of rotatable bonds is 6. The lowest BCUT2D eigenvalue weighted by Crippen LogP contribution is -2.11. The second kappa shape index (κ2) is 8.26. The largest absolute Gasteiger partial charge is 0.356 e. The third-order valence-corrected chi connectivity index (χ3v) is 6.07. The fourth-order valence-corrected chi connectivity index (χ4v) is 4.26. The van der Waals surface area contributed by atoms with Crippen molar-refractivity contribution in [1.82, 2.24) is 20.2 Å². The summed E-state index contributed by atoms with van der Waals surface area (Å²) >= 11 is 8.81. The quantitative estimate of drug-likeness (QED) is 0.436. The molecule has 0 aliphatic heterocycles. The van der Waals surface area contributed by atoms with Crippen molar-refractivity contribution in [3.8, 4) is 0 Å². The van der Waals surface area contributed by atoms with E-state index in [1.807, 2.05) is 0 Å². The number of hydrogen-bond acceptors (Lipinski definition) is 7. The van der Waals surface area contributed by atoms with E-state index in [0.717, 1.165) is 9.90 Å². The van der Waals surface area contributed by atoms with Gasteiger partial charge in [-0.05, 0) is 35.9 Å². The summed E-state index contributed by atoms with van der Waals surface area (Å²) in [5.74, 6) is 0.728. The Balaban J connectivity index is 1.39. The van der Waals surface area contributed by atoms with E-state index in [-0.39, 0.29) is 11.4 Å². The lowest BCUT2D eigenvalue weighted by molar-refractivity contribution is 0.627. The Morgan fingerprint density at radius 2 is 2.00 bits per heavy atom. The molecule has 0 atom stereocenters. The maximum absolute atomic E-state index is 12.9. The molecule has 0 aliphatic carbocycles. The monoisotopic (exact) mass is 433 g/mol. The van der Waals surface area contributed by atoms with Crippen LogP contribution in [0.4, 0.5) is 9.52 Å². The molecule has 0 saturated heterocycles. The molecule has 0 saturated carbocycles. The van der Waals surface area contributed by atoms with Gasteiger partial charge in [0.05, 0.1) is 16.7 Å². The van der Waals surface area contributed by atoms with Crippen molar-refractivity contribution in [2.45, 2.75) is 16.6 Å². The number of fused-ring (bicyclic) bond motifs is 1. The Morgan fingerprint density at radius 3 is 2.82 bits per heavy atom. The number of halogens is 2. The maximum Gasteiger partial charge on any atom is 0.258 e. The Kier molecular flexibility index (Phi) is 5.56. The molecule has 4 aromatic rings. The van der Waals surface area contributed by atoms with Crippen molar-refractivity contribution < 1.29 is 4.39 Å². The molecule has 0 unspecified atom stereocenters. The zero-order valence-corrected chi connectivity index (χ0v) is 16.7. The molecule has 6 nitrogen and oxygen atoms in total. The minimum atomic E-state index is -0.263. The molecule has 10 heteroatoms. The van der Waals surface area contributed by atoms with Gasteiger partial charge >= 0.3 is 0 Å². The highest BCUT2D eigenvalue weighted by atomic mass is 35.5. The standard InChI is InChI=1S/C18H13ClFN5OS2/c19-11-3-6-13-14(7-11)22-15(23-16(13)26)9-27-18-25-24-17(28-18)21-8-10-1-4-12(20)5-2-10/h1-7H,8-9H2,(H,21,24)(H,22,23,26). The molecule has 0 bridgehead atoms. The molecule has 0 aliphatic rings. The summed E-state index contributed by atoms with van der Waals surface area (Å²) < 4.78 is 13.7. The molecule has 2 heterocycles. The smallest absolute Gasteiger partial charge is 0.258 e. The van der Waals surface area contributed by atoms with E-state index in [0.29, 0.717) is 39.2 Å². The van der Waals surface area contributed by atoms with Gasteiger partial charge in [-0.25, -0.2) is 9.37 Å². The van der Waals surface area contributed by atoms with Crippen molar-refractivity contribution in [2.75, 3.05) is 5.32 Å². The second-order valence-corrected chi connectivity index (χ2v) is 8.45. The average molecular weight is 434 g/mol. The summed E-state index contributed by atoms with van der Waals surface area (Å²) in [6.45, 7) is 0.528. The van der Waals surface area contributed by atoms with Crippen LogP contribution >= 0.6 is 34.7 Å². The SMILES string of the molecule is O=c1[nH]c(CSc2nnc(NCc3ccc(F)cc3)s2)nc2cc(Cl)ccc12. The molecule has 0 spiro atoms. The van der Waals surface area contributed by atoms with Crippen LogP contribution in [-0.4, -0.2) is 20.2 Å². The van der Waals surface area contributed by atoms with Crippen molar-refractivity contribution in [1.29, 1.82) is 0 Å². The fraction of sp³-hybridized carbons (Fsp3) is 0.111. The molecule has 0 fully saturated rings. The van der Waals surface area contributed by atoms with E-state index in [2.05, 4.69) is 25.5 Å². The van der Waals surface area contributed by atoms with E-state index in [4.69, 9.17) is 11.6 Å². The van der Waals surface area contributed by atoms with Crippen molar-refractivity contribution in [2.24, 2.45) is 0 Å². The second-order valence-electron chi connectivity index (χ2n) is 5.82. The third kappa shape index (κ3) is 4.49. The maximum atomic E-state index is 12.9. The summed E-state index contributed by atoms with van der Waals surface area (Å²) in [6, 6.07) is 11.3. The zero-order chi connectivity index (χ0) is 19.5. The molecule has 0 radical (unpaired) electrons. The first-order valence-corrected chi connectivity index (χ1v) is 10.4. The Hall–Kier alpha value is -2.49. The first-order chi connectivity index (χ1) is 13.6. The highest BCUT2D eigenvalue weighted by molar-refractivity contribution is 8.00. The normalized spacial score (nSPS) is 11.1. The fourth-order valence-electron chi connectivity index (χ4n) is 2.48. The van der Waals surface area contributed by atoms with Gasteiger partial charge in [-0.15, -0.1) is 10.2 Å². The van der Waals surface area contributed by atoms with E-state index >= 15 is 0 Å². The van der Waals surface area contributed by atoms with E-state index in [1.54, 1.807) is 30.3 Å². The Labute approximate surface area is 172 Å². The number of H-pyrrole nitrogens is 1. The average Bonchev–Trinajstić information content (AvgIpc) is 3.13. The third-order valence-electron chi connectivity index (χ3n) is 3.81. The summed E-state index contributed by atoms with van der Waals surface area (Å²) in [7, 11) is 0. The number of aromatic amines is 1. The number of aromatic nitrogens is 4. The van der Waals surface area contributed by atoms with Crippen LogP contribution in [-0.2, 0) is 12.3 Å². The molecular weight excluding hydrogens is 421 g/mol. The van der Waals surface area contributed by atoms with Gasteiger partial charge in [-0.1, -0.05) is 46.8 Å². The number of thioether (sulfide) groups is 1. The molecule has 0 amide bonds. The molecule has 142 valence electrons. The highest BCUT2D eigenvalue weighted by Gasteiger charge is 2.09. The minimum Gasteiger partial charge on any atom is -0.356 e. The predicted octanol–water partition coefficient (Wildman–Crippen LogP) is 4.47. The van der Waals surface area contributed by atoms with E-state index in [9.17, 15) is 9.18 Å². The lowest BCUT2D eigenvalue weighted by Gasteiger charge is -2.02. The van der Waals surface area contributed by atoms with Crippen LogP contribution in [0.15, 0.2) is 51.6 Å². The molecule has 2 aromatic heterocycles. The lowest BCUT2D eigenvalue weighted by atomic mass is 10.2. The van der Waals surface area contributed by atoms with Gasteiger partial charge in [0.15, 0.2) is 4.34 Å². The first kappa shape index (κ1) is 18.9. The minimum absolute atomic E-state index is 0.198. The molecule has 28 heavy (non-hydrogen) atoms. The van der Waals surface area contributed by atoms with Crippen LogP contribution in [0.1, 0.15) is 11.4 Å². The number of hydrogen-bond donors (Lipinski definition) is 2. The number of nitrogens with zero attached hydrogens (tertiary/aromatic N) is 3. The molecule has 2 N–H and O–H groups in total. The van der Waals surface area contributed by atoms with Gasteiger partial charge in [0.1, 0.15) is 11.6 Å². The van der Waals surface area contributed by atoms with E-state index < -0.39 is 0 Å². The van der Waals surface area contributed by atoms with Crippen molar-refractivity contribution in [3.63, 3.8) is 0 Å². The predicted molar refractivity (Wildman–Crippen MR) is 111 cm³/mol. The highest BCUT2D eigenvalue weighted by Crippen LogP contribution is 2.28. The summed E-state index contributed by atoms with van der Waals surface area (Å²) in [6.07, 6.45) is 0. The number of benzene rings is 2. The van der Waals surface area contributed by atoms with Gasteiger partial charge < -0.3 is 10.3 Å². The topological polar surface area (TPSA) is 83.6 Å². The van der Waals surface area contributed by atoms with Gasteiger partial charge in [0.2, 0.25) is 5.13 Å². The van der Waals surface area contributed by atoms with Crippen molar-refractivity contribution in [3.05, 3.63) is 75.0 Å².